The van der Waals surface area contributed by atoms with E-state index in [1.807, 2.05) is 6.92 Å². The number of hydrogen-bond acceptors (Lipinski definition) is 4. The molecule has 1 aliphatic rings. The minimum absolute atomic E-state index is 0.0605. The van der Waals surface area contributed by atoms with Crippen molar-refractivity contribution < 1.29 is 14.3 Å². The van der Waals surface area contributed by atoms with E-state index in [-0.39, 0.29) is 11.9 Å². The topological polar surface area (TPSA) is 38.8 Å². The molecule has 1 heterocycles. The third-order valence-electron chi connectivity index (χ3n) is 2.80. The Bertz CT molecular complexity index is 196. The lowest BCUT2D eigenvalue weighted by Gasteiger charge is -2.30. The Kier molecular flexibility index (Phi) is 5.65. The van der Waals surface area contributed by atoms with Crippen molar-refractivity contribution in [1.82, 2.24) is 4.90 Å². The molecule has 88 valence electrons. The van der Waals surface area contributed by atoms with Gasteiger partial charge in [-0.2, -0.15) is 0 Å². The highest BCUT2D eigenvalue weighted by atomic mass is 16.5. The van der Waals surface area contributed by atoms with Gasteiger partial charge in [0.15, 0.2) is 0 Å². The van der Waals surface area contributed by atoms with E-state index in [4.69, 9.17) is 9.47 Å². The normalized spacial score (nSPS) is 22.7. The number of nitrogens with zero attached hydrogens (tertiary/aromatic N) is 1. The quantitative estimate of drug-likeness (QED) is 0.505. The number of carbonyl (C=O) groups is 1. The number of hydrogen-bond donors (Lipinski definition) is 0. The fraction of sp³-hybridized carbons (Fsp3) is 0.909. The van der Waals surface area contributed by atoms with Crippen molar-refractivity contribution in [3.63, 3.8) is 0 Å². The lowest BCUT2D eigenvalue weighted by Crippen LogP contribution is -2.40. The molecule has 0 N–H and O–H groups in total. The molecule has 15 heavy (non-hydrogen) atoms. The third-order valence-corrected chi connectivity index (χ3v) is 2.80. The maximum Gasteiger partial charge on any atom is 0.309 e. The molecule has 0 aromatic carbocycles. The number of ether oxygens (including phenoxy) is 2. The van der Waals surface area contributed by atoms with Crippen LogP contribution in [0.2, 0.25) is 0 Å². The average molecular weight is 215 g/mol. The number of carbonyl (C=O) groups excluding carboxylic acids is 1. The second-order valence-electron chi connectivity index (χ2n) is 3.86. The summed E-state index contributed by atoms with van der Waals surface area (Å²) < 4.78 is 10.1. The Balaban J connectivity index is 2.26. The lowest BCUT2D eigenvalue weighted by molar-refractivity contribution is -0.147. The predicted octanol–water partition coefficient (Wildman–Crippen LogP) is 0.908. The first-order valence-corrected chi connectivity index (χ1v) is 5.65. The number of rotatable bonds is 5. The molecule has 0 aliphatic carbocycles. The van der Waals surface area contributed by atoms with Crippen molar-refractivity contribution in [2.75, 3.05) is 40.0 Å². The van der Waals surface area contributed by atoms with Crippen molar-refractivity contribution in [1.29, 1.82) is 0 Å². The minimum Gasteiger partial charge on any atom is -0.469 e. The standard InChI is InChI=1S/C11H21NO3/c1-3-15-8-7-12-6-4-5-10(9-12)11(13)14-2/h10H,3-9H2,1-2H3. The van der Waals surface area contributed by atoms with Gasteiger partial charge in [0.05, 0.1) is 19.6 Å². The molecule has 4 heteroatoms. The van der Waals surface area contributed by atoms with Gasteiger partial charge < -0.3 is 14.4 Å². The summed E-state index contributed by atoms with van der Waals surface area (Å²) >= 11 is 0. The molecule has 0 spiro atoms. The first-order chi connectivity index (χ1) is 7.27. The van der Waals surface area contributed by atoms with Crippen LogP contribution in [0.15, 0.2) is 0 Å². The van der Waals surface area contributed by atoms with Crippen molar-refractivity contribution in [2.24, 2.45) is 5.92 Å². The van der Waals surface area contributed by atoms with Gasteiger partial charge in [-0.3, -0.25) is 4.79 Å². The van der Waals surface area contributed by atoms with Crippen LogP contribution >= 0.6 is 0 Å². The third kappa shape index (κ3) is 4.18. The fourth-order valence-electron chi connectivity index (χ4n) is 1.96. The molecule has 0 radical (unpaired) electrons. The first-order valence-electron chi connectivity index (χ1n) is 5.65. The number of likely N-dealkylation sites (tertiary alicyclic amines) is 1. The molecular weight excluding hydrogens is 194 g/mol. The van der Waals surface area contributed by atoms with Gasteiger partial charge in [-0.15, -0.1) is 0 Å². The molecule has 4 nitrogen and oxygen atoms in total. The number of piperidine rings is 1. The molecule has 1 fully saturated rings. The SMILES string of the molecule is CCOCCN1CCCC(C(=O)OC)C1. The summed E-state index contributed by atoms with van der Waals surface area (Å²) in [6.07, 6.45) is 2.03. The van der Waals surface area contributed by atoms with Crippen LogP contribution in [-0.4, -0.2) is 50.8 Å². The van der Waals surface area contributed by atoms with Crippen LogP contribution in [0.1, 0.15) is 19.8 Å². The average Bonchev–Trinajstić information content (AvgIpc) is 2.29. The van der Waals surface area contributed by atoms with Gasteiger partial charge in [-0.25, -0.2) is 0 Å². The summed E-state index contributed by atoms with van der Waals surface area (Å²) in [7, 11) is 1.46. The molecule has 0 aromatic rings. The van der Waals surface area contributed by atoms with Crippen LogP contribution < -0.4 is 0 Å². The highest BCUT2D eigenvalue weighted by Crippen LogP contribution is 2.17. The van der Waals surface area contributed by atoms with Gasteiger partial charge in [0.2, 0.25) is 0 Å². The molecule has 1 unspecified atom stereocenters. The van der Waals surface area contributed by atoms with Gasteiger partial charge in [0.1, 0.15) is 0 Å². The Morgan fingerprint density at radius 2 is 2.33 bits per heavy atom. The van der Waals surface area contributed by atoms with E-state index in [1.54, 1.807) is 0 Å². The van der Waals surface area contributed by atoms with Crippen LogP contribution in [-0.2, 0) is 14.3 Å². The molecule has 1 saturated heterocycles. The Morgan fingerprint density at radius 1 is 1.53 bits per heavy atom. The van der Waals surface area contributed by atoms with E-state index in [0.29, 0.717) is 0 Å². The van der Waals surface area contributed by atoms with Crippen LogP contribution in [0, 0.1) is 5.92 Å². The zero-order valence-corrected chi connectivity index (χ0v) is 9.70. The Morgan fingerprint density at radius 3 is 3.00 bits per heavy atom. The maximum absolute atomic E-state index is 11.4. The minimum atomic E-state index is -0.0730. The zero-order chi connectivity index (χ0) is 11.1. The summed E-state index contributed by atoms with van der Waals surface area (Å²) in [6, 6.07) is 0. The largest absolute Gasteiger partial charge is 0.469 e. The van der Waals surface area contributed by atoms with Crippen LogP contribution in [0.3, 0.4) is 0 Å². The number of esters is 1. The number of methoxy groups -OCH3 is 1. The van der Waals surface area contributed by atoms with E-state index in [9.17, 15) is 4.79 Å². The summed E-state index contributed by atoms with van der Waals surface area (Å²) in [6.45, 7) is 6.31. The van der Waals surface area contributed by atoms with Crippen LogP contribution in [0.4, 0.5) is 0 Å². The van der Waals surface area contributed by atoms with Gasteiger partial charge in [0.25, 0.3) is 0 Å². The molecule has 1 rings (SSSR count). The molecule has 1 atom stereocenters. The van der Waals surface area contributed by atoms with E-state index >= 15 is 0 Å². The molecule has 1 aliphatic heterocycles. The Labute approximate surface area is 91.5 Å². The first kappa shape index (κ1) is 12.5. The molecule has 0 amide bonds. The van der Waals surface area contributed by atoms with E-state index in [1.165, 1.54) is 7.11 Å². The van der Waals surface area contributed by atoms with E-state index in [0.717, 1.165) is 45.7 Å². The van der Waals surface area contributed by atoms with Gasteiger partial charge in [-0.1, -0.05) is 0 Å². The van der Waals surface area contributed by atoms with Crippen LogP contribution in [0.25, 0.3) is 0 Å². The fourth-order valence-corrected chi connectivity index (χ4v) is 1.96. The monoisotopic (exact) mass is 215 g/mol. The highest BCUT2D eigenvalue weighted by Gasteiger charge is 2.25. The maximum atomic E-state index is 11.4. The van der Waals surface area contributed by atoms with E-state index < -0.39 is 0 Å². The lowest BCUT2D eigenvalue weighted by atomic mass is 9.98. The van der Waals surface area contributed by atoms with Gasteiger partial charge in [-0.05, 0) is 26.3 Å². The molecule has 0 bridgehead atoms. The van der Waals surface area contributed by atoms with Gasteiger partial charge in [0, 0.05) is 19.7 Å². The van der Waals surface area contributed by atoms with Crippen LogP contribution in [0.5, 0.6) is 0 Å². The smallest absolute Gasteiger partial charge is 0.309 e. The second-order valence-corrected chi connectivity index (χ2v) is 3.86. The van der Waals surface area contributed by atoms with E-state index in [2.05, 4.69) is 4.90 Å². The summed E-state index contributed by atoms with van der Waals surface area (Å²) in [4.78, 5) is 13.6. The van der Waals surface area contributed by atoms with Crippen molar-refractivity contribution >= 4 is 5.97 Å². The summed E-state index contributed by atoms with van der Waals surface area (Å²) in [5, 5.41) is 0. The predicted molar refractivity (Wildman–Crippen MR) is 57.7 cm³/mol. The van der Waals surface area contributed by atoms with Crippen molar-refractivity contribution in [3.8, 4) is 0 Å². The highest BCUT2D eigenvalue weighted by molar-refractivity contribution is 5.72. The van der Waals surface area contributed by atoms with Gasteiger partial charge >= 0.3 is 5.97 Å². The van der Waals surface area contributed by atoms with Crippen molar-refractivity contribution in [3.05, 3.63) is 0 Å². The second kappa shape index (κ2) is 6.80. The zero-order valence-electron chi connectivity index (χ0n) is 9.70. The van der Waals surface area contributed by atoms with Crippen molar-refractivity contribution in [2.45, 2.75) is 19.8 Å². The summed E-state index contributed by atoms with van der Waals surface area (Å²) in [5.41, 5.74) is 0. The molecule has 0 saturated carbocycles. The summed E-state index contributed by atoms with van der Waals surface area (Å²) in [5.74, 6) is -0.0125. The molecular formula is C11H21NO3. The Hall–Kier alpha value is -0.610. The molecule has 0 aromatic heterocycles.